The number of methoxy groups -OCH3 is 1. The lowest BCUT2D eigenvalue weighted by Crippen LogP contribution is -2.38. The number of hydrogen-bond acceptors (Lipinski definition) is 4. The van der Waals surface area contributed by atoms with Crippen LogP contribution in [0.2, 0.25) is 0 Å². The minimum Gasteiger partial charge on any atom is -0.493 e. The number of hydrogen-bond donors (Lipinski definition) is 2. The van der Waals surface area contributed by atoms with Crippen LogP contribution in [0.4, 0.5) is 0 Å². The molecular formula is C20H28N2O4. The lowest BCUT2D eigenvalue weighted by Gasteiger charge is -2.18. The van der Waals surface area contributed by atoms with E-state index in [0.717, 1.165) is 0 Å². The van der Waals surface area contributed by atoms with E-state index in [1.165, 1.54) is 32.8 Å². The van der Waals surface area contributed by atoms with Crippen molar-refractivity contribution in [2.75, 3.05) is 13.7 Å². The van der Waals surface area contributed by atoms with E-state index in [0.29, 0.717) is 34.9 Å². The van der Waals surface area contributed by atoms with Gasteiger partial charge in [-0.15, -0.1) is 0 Å². The van der Waals surface area contributed by atoms with Gasteiger partial charge in [-0.1, -0.05) is 0 Å². The first kappa shape index (κ1) is 18.5. The van der Waals surface area contributed by atoms with Crippen LogP contribution < -0.4 is 20.1 Å². The SMILES string of the molecule is COc1cc(C(=O)NC(C2CC2)C2CC2)ccc1OCC(=O)NC(C)C. The zero-order valence-electron chi connectivity index (χ0n) is 15.7. The van der Waals surface area contributed by atoms with Gasteiger partial charge in [0, 0.05) is 17.6 Å². The predicted molar refractivity (Wildman–Crippen MR) is 98.5 cm³/mol. The fourth-order valence-electron chi connectivity index (χ4n) is 3.20. The molecule has 2 aliphatic carbocycles. The highest BCUT2D eigenvalue weighted by Gasteiger charge is 2.42. The van der Waals surface area contributed by atoms with Gasteiger partial charge in [0.2, 0.25) is 0 Å². The maximum absolute atomic E-state index is 12.6. The molecule has 6 heteroatoms. The van der Waals surface area contributed by atoms with Crippen molar-refractivity contribution in [2.24, 2.45) is 11.8 Å². The number of rotatable bonds is 9. The Morgan fingerprint density at radius 3 is 2.27 bits per heavy atom. The quantitative estimate of drug-likeness (QED) is 0.709. The van der Waals surface area contributed by atoms with Crippen LogP contribution in [-0.4, -0.2) is 37.6 Å². The minimum atomic E-state index is -0.194. The molecule has 0 atom stereocenters. The zero-order chi connectivity index (χ0) is 18.7. The van der Waals surface area contributed by atoms with E-state index in [4.69, 9.17) is 9.47 Å². The first-order valence-corrected chi connectivity index (χ1v) is 9.39. The van der Waals surface area contributed by atoms with Gasteiger partial charge in [-0.3, -0.25) is 9.59 Å². The van der Waals surface area contributed by atoms with Crippen molar-refractivity contribution in [1.29, 1.82) is 0 Å². The normalized spacial score (nSPS) is 16.5. The van der Waals surface area contributed by atoms with Crippen molar-refractivity contribution in [3.05, 3.63) is 23.8 Å². The number of carbonyl (C=O) groups excluding carboxylic acids is 2. The monoisotopic (exact) mass is 360 g/mol. The Balaban J connectivity index is 1.61. The average molecular weight is 360 g/mol. The summed E-state index contributed by atoms with van der Waals surface area (Å²) in [5, 5.41) is 5.97. The Hall–Kier alpha value is -2.24. The molecule has 142 valence electrons. The second-order valence-electron chi connectivity index (χ2n) is 7.55. The molecule has 0 heterocycles. The number of ether oxygens (including phenoxy) is 2. The van der Waals surface area contributed by atoms with Crippen LogP contribution in [0.3, 0.4) is 0 Å². The zero-order valence-corrected chi connectivity index (χ0v) is 15.7. The molecule has 0 spiro atoms. The fourth-order valence-corrected chi connectivity index (χ4v) is 3.20. The third-order valence-electron chi connectivity index (χ3n) is 4.79. The Morgan fingerprint density at radius 1 is 1.08 bits per heavy atom. The van der Waals surface area contributed by atoms with Crippen LogP contribution in [0.5, 0.6) is 11.5 Å². The Bertz CT molecular complexity index is 654. The van der Waals surface area contributed by atoms with E-state index < -0.39 is 0 Å². The summed E-state index contributed by atoms with van der Waals surface area (Å²) in [5.74, 6) is 1.93. The molecule has 3 rings (SSSR count). The van der Waals surface area contributed by atoms with Gasteiger partial charge in [-0.2, -0.15) is 0 Å². The van der Waals surface area contributed by atoms with Crippen molar-refractivity contribution in [3.63, 3.8) is 0 Å². The van der Waals surface area contributed by atoms with E-state index in [1.54, 1.807) is 18.2 Å². The van der Waals surface area contributed by atoms with Gasteiger partial charge in [-0.05, 0) is 69.6 Å². The summed E-state index contributed by atoms with van der Waals surface area (Å²) in [5.41, 5.74) is 0.548. The second-order valence-corrected chi connectivity index (χ2v) is 7.55. The first-order valence-electron chi connectivity index (χ1n) is 9.39. The van der Waals surface area contributed by atoms with E-state index in [-0.39, 0.29) is 24.5 Å². The Labute approximate surface area is 154 Å². The number of amides is 2. The molecule has 0 unspecified atom stereocenters. The highest BCUT2D eigenvalue weighted by molar-refractivity contribution is 5.95. The van der Waals surface area contributed by atoms with E-state index in [1.807, 2.05) is 13.8 Å². The van der Waals surface area contributed by atoms with Crippen molar-refractivity contribution >= 4 is 11.8 Å². The number of benzene rings is 1. The molecular weight excluding hydrogens is 332 g/mol. The maximum Gasteiger partial charge on any atom is 0.258 e. The van der Waals surface area contributed by atoms with Crippen LogP contribution in [0.25, 0.3) is 0 Å². The van der Waals surface area contributed by atoms with Gasteiger partial charge >= 0.3 is 0 Å². The summed E-state index contributed by atoms with van der Waals surface area (Å²) < 4.78 is 10.9. The van der Waals surface area contributed by atoms with Gasteiger partial charge in [0.15, 0.2) is 18.1 Å². The van der Waals surface area contributed by atoms with Gasteiger partial charge in [0.25, 0.3) is 11.8 Å². The smallest absolute Gasteiger partial charge is 0.258 e. The van der Waals surface area contributed by atoms with Crippen molar-refractivity contribution in [3.8, 4) is 11.5 Å². The summed E-state index contributed by atoms with van der Waals surface area (Å²) in [4.78, 5) is 24.3. The molecule has 2 fully saturated rings. The fraction of sp³-hybridized carbons (Fsp3) is 0.600. The molecule has 0 saturated heterocycles. The Morgan fingerprint density at radius 2 is 1.73 bits per heavy atom. The third kappa shape index (κ3) is 4.90. The minimum absolute atomic E-state index is 0.0601. The molecule has 2 amide bonds. The van der Waals surface area contributed by atoms with Crippen molar-refractivity contribution < 1.29 is 19.1 Å². The van der Waals surface area contributed by atoms with E-state index in [9.17, 15) is 9.59 Å². The van der Waals surface area contributed by atoms with Gasteiger partial charge in [0.1, 0.15) is 0 Å². The molecule has 2 aliphatic rings. The summed E-state index contributed by atoms with van der Waals surface area (Å²) >= 11 is 0. The van der Waals surface area contributed by atoms with Gasteiger partial charge in [-0.25, -0.2) is 0 Å². The van der Waals surface area contributed by atoms with Crippen LogP contribution in [0.1, 0.15) is 49.9 Å². The average Bonchev–Trinajstić information content (AvgIpc) is 3.49. The summed E-state index contributed by atoms with van der Waals surface area (Å²) in [7, 11) is 1.52. The molecule has 0 radical (unpaired) electrons. The predicted octanol–water partition coefficient (Wildman–Crippen LogP) is 2.52. The third-order valence-corrected chi connectivity index (χ3v) is 4.79. The molecule has 2 N–H and O–H groups in total. The standard InChI is InChI=1S/C20H28N2O4/c1-12(2)21-18(23)11-26-16-9-8-15(10-17(16)25-3)20(24)22-19(13-4-5-13)14-6-7-14/h8-10,12-14,19H,4-7,11H2,1-3H3,(H,21,23)(H,22,24). The summed E-state index contributed by atoms with van der Waals surface area (Å²) in [6.45, 7) is 3.69. The highest BCUT2D eigenvalue weighted by Crippen LogP contribution is 2.44. The lowest BCUT2D eigenvalue weighted by atomic mass is 10.1. The van der Waals surface area contributed by atoms with E-state index in [2.05, 4.69) is 10.6 Å². The van der Waals surface area contributed by atoms with Crippen molar-refractivity contribution in [2.45, 2.75) is 51.6 Å². The molecule has 2 saturated carbocycles. The summed E-state index contributed by atoms with van der Waals surface area (Å²) in [6.07, 6.45) is 4.87. The molecule has 1 aromatic rings. The van der Waals surface area contributed by atoms with Crippen LogP contribution >= 0.6 is 0 Å². The molecule has 0 bridgehead atoms. The van der Waals surface area contributed by atoms with Crippen LogP contribution in [-0.2, 0) is 4.79 Å². The number of carbonyl (C=O) groups is 2. The number of nitrogens with one attached hydrogen (secondary N) is 2. The molecule has 0 aliphatic heterocycles. The van der Waals surface area contributed by atoms with Gasteiger partial charge < -0.3 is 20.1 Å². The highest BCUT2D eigenvalue weighted by atomic mass is 16.5. The Kier molecular flexibility index (Phi) is 5.69. The first-order chi connectivity index (χ1) is 12.5. The van der Waals surface area contributed by atoms with Crippen molar-refractivity contribution in [1.82, 2.24) is 10.6 Å². The molecule has 26 heavy (non-hydrogen) atoms. The van der Waals surface area contributed by atoms with E-state index >= 15 is 0 Å². The van der Waals surface area contributed by atoms with Crippen LogP contribution in [0, 0.1) is 11.8 Å². The molecule has 0 aromatic heterocycles. The topological polar surface area (TPSA) is 76.7 Å². The lowest BCUT2D eigenvalue weighted by molar-refractivity contribution is -0.123. The maximum atomic E-state index is 12.6. The summed E-state index contributed by atoms with van der Waals surface area (Å²) in [6, 6.07) is 5.43. The second kappa shape index (κ2) is 7.98. The molecule has 1 aromatic carbocycles. The van der Waals surface area contributed by atoms with Gasteiger partial charge in [0.05, 0.1) is 7.11 Å². The van der Waals surface area contributed by atoms with Crippen LogP contribution in [0.15, 0.2) is 18.2 Å². The molecule has 6 nitrogen and oxygen atoms in total. The largest absolute Gasteiger partial charge is 0.493 e.